The van der Waals surface area contributed by atoms with Crippen LogP contribution in [0.15, 0.2) is 71.9 Å². The number of ether oxygens (including phenoxy) is 2. The van der Waals surface area contributed by atoms with Gasteiger partial charge in [0.15, 0.2) is 0 Å². The first-order valence-electron chi connectivity index (χ1n) is 13.9. The molecule has 1 heterocycles. The number of oxime groups is 1. The Balaban J connectivity index is 1.50. The fourth-order valence-corrected chi connectivity index (χ4v) is 5.17. The number of anilines is 2. The largest absolute Gasteiger partial charge is 0.573 e. The molecule has 9 nitrogen and oxygen atoms in total. The minimum atomic E-state index is -4.87. The summed E-state index contributed by atoms with van der Waals surface area (Å²) in [4.78, 5) is 32.6. The number of methoxy groups -OCH3 is 1. The number of aliphatic carboxylic acids is 1. The molecule has 0 saturated heterocycles. The predicted molar refractivity (Wildman–Crippen MR) is 157 cm³/mol. The maximum atomic E-state index is 14.3. The third-order valence-corrected chi connectivity index (χ3v) is 7.82. The Bertz CT molecular complexity index is 1600. The van der Waals surface area contributed by atoms with Crippen LogP contribution in [-0.2, 0) is 19.8 Å². The Morgan fingerprint density at radius 1 is 1.02 bits per heavy atom. The standard InChI is InChI=1S/C32H32F3N3O6/c1-19(37-44-30(2,3)29(40)41)21-14-22(16-24(15-21)42-4)36-27(20-8-6-5-7-9-20)28(39)38-18-31(12-13-31)25-11-10-23(17-26(25)38)43-32(33,34)35/h5-11,14-17,27,36H,12-13,18H2,1-4H3,(H,40,41). The van der Waals surface area contributed by atoms with Crippen molar-refractivity contribution in [3.8, 4) is 11.5 Å². The third-order valence-electron chi connectivity index (χ3n) is 7.82. The Morgan fingerprint density at radius 3 is 2.34 bits per heavy atom. The van der Waals surface area contributed by atoms with Crippen LogP contribution in [0.4, 0.5) is 24.5 Å². The number of rotatable bonds is 10. The normalized spacial score (nSPS) is 16.2. The van der Waals surface area contributed by atoms with Gasteiger partial charge in [-0.15, -0.1) is 13.2 Å². The summed E-state index contributed by atoms with van der Waals surface area (Å²) in [6.45, 7) is 4.74. The molecule has 12 heteroatoms. The van der Waals surface area contributed by atoms with Crippen LogP contribution >= 0.6 is 0 Å². The van der Waals surface area contributed by atoms with Crippen molar-refractivity contribution in [2.45, 2.75) is 57.0 Å². The topological polar surface area (TPSA) is 110 Å². The van der Waals surface area contributed by atoms with Gasteiger partial charge in [-0.25, -0.2) is 4.79 Å². The van der Waals surface area contributed by atoms with Crippen LogP contribution in [0.1, 0.15) is 56.3 Å². The lowest BCUT2D eigenvalue weighted by Crippen LogP contribution is -2.38. The zero-order valence-electron chi connectivity index (χ0n) is 24.6. The molecule has 44 heavy (non-hydrogen) atoms. The lowest BCUT2D eigenvalue weighted by Gasteiger charge is -2.27. The lowest BCUT2D eigenvalue weighted by molar-refractivity contribution is -0.274. The van der Waals surface area contributed by atoms with Crippen molar-refractivity contribution in [2.75, 3.05) is 23.9 Å². The minimum Gasteiger partial charge on any atom is -0.497 e. The Labute approximate surface area is 252 Å². The van der Waals surface area contributed by atoms with E-state index in [0.717, 1.165) is 18.4 Å². The molecule has 1 amide bonds. The van der Waals surface area contributed by atoms with Crippen LogP contribution in [0.5, 0.6) is 11.5 Å². The summed E-state index contributed by atoms with van der Waals surface area (Å²) >= 11 is 0. The van der Waals surface area contributed by atoms with Crippen molar-refractivity contribution in [1.82, 2.24) is 0 Å². The molecule has 1 aliphatic carbocycles. The van der Waals surface area contributed by atoms with Gasteiger partial charge in [-0.3, -0.25) is 4.79 Å². The molecule has 2 aliphatic rings. The van der Waals surface area contributed by atoms with E-state index in [4.69, 9.17) is 9.57 Å². The summed E-state index contributed by atoms with van der Waals surface area (Å²) in [6.07, 6.45) is -3.22. The highest BCUT2D eigenvalue weighted by molar-refractivity contribution is 6.03. The Morgan fingerprint density at radius 2 is 1.73 bits per heavy atom. The van der Waals surface area contributed by atoms with Gasteiger partial charge in [-0.2, -0.15) is 0 Å². The number of nitrogens with one attached hydrogen (secondary N) is 1. The number of carboxylic acid groups (broad SMARTS) is 1. The number of fused-ring (bicyclic) bond motifs is 2. The van der Waals surface area contributed by atoms with Crippen molar-refractivity contribution < 1.29 is 42.2 Å². The SMILES string of the molecule is COc1cc(NC(C(=O)N2CC3(CC3)c3ccc(OC(F)(F)F)cc32)c2ccccc2)cc(C(C)=NOC(C)(C)C(=O)O)c1. The number of hydrogen-bond donors (Lipinski definition) is 2. The average Bonchev–Trinajstić information content (AvgIpc) is 3.69. The predicted octanol–water partition coefficient (Wildman–Crippen LogP) is 6.43. The second kappa shape index (κ2) is 11.4. The highest BCUT2D eigenvalue weighted by atomic mass is 19.4. The molecule has 1 fully saturated rings. The second-order valence-electron chi connectivity index (χ2n) is 11.5. The number of carbonyl (C=O) groups excluding carboxylic acids is 1. The first kappa shape index (κ1) is 30.7. The van der Waals surface area contributed by atoms with E-state index in [9.17, 15) is 27.9 Å². The fraction of sp³-hybridized carbons (Fsp3) is 0.344. The summed E-state index contributed by atoms with van der Waals surface area (Å²) in [7, 11) is 1.48. The van der Waals surface area contributed by atoms with E-state index in [1.807, 2.05) is 6.07 Å². The van der Waals surface area contributed by atoms with Crippen LogP contribution in [0, 0.1) is 0 Å². The molecule has 0 bridgehead atoms. The van der Waals surface area contributed by atoms with E-state index in [0.29, 0.717) is 40.5 Å². The van der Waals surface area contributed by atoms with Gasteiger partial charge in [-0.1, -0.05) is 41.6 Å². The average molecular weight is 612 g/mol. The van der Waals surface area contributed by atoms with E-state index in [1.54, 1.807) is 55.5 Å². The number of halogens is 3. The van der Waals surface area contributed by atoms with Crippen molar-refractivity contribution in [2.24, 2.45) is 5.16 Å². The monoisotopic (exact) mass is 611 g/mol. The van der Waals surface area contributed by atoms with Crippen molar-refractivity contribution in [3.05, 3.63) is 83.4 Å². The molecule has 3 aromatic carbocycles. The van der Waals surface area contributed by atoms with Gasteiger partial charge in [0.2, 0.25) is 5.60 Å². The number of amides is 1. The van der Waals surface area contributed by atoms with Crippen molar-refractivity contribution in [3.63, 3.8) is 0 Å². The van der Waals surface area contributed by atoms with Gasteiger partial charge < -0.3 is 29.6 Å². The van der Waals surface area contributed by atoms with Crippen LogP contribution in [0.3, 0.4) is 0 Å². The van der Waals surface area contributed by atoms with Gasteiger partial charge in [-0.05, 0) is 62.9 Å². The number of alkyl halides is 3. The molecule has 2 N–H and O–H groups in total. The van der Waals surface area contributed by atoms with E-state index in [2.05, 4.69) is 15.2 Å². The first-order valence-corrected chi connectivity index (χ1v) is 13.9. The van der Waals surface area contributed by atoms with Crippen molar-refractivity contribution in [1.29, 1.82) is 0 Å². The summed E-state index contributed by atoms with van der Waals surface area (Å²) in [6, 6.07) is 17.3. The fourth-order valence-electron chi connectivity index (χ4n) is 5.17. The maximum Gasteiger partial charge on any atom is 0.573 e. The van der Waals surface area contributed by atoms with Gasteiger partial charge >= 0.3 is 12.3 Å². The molecule has 0 aromatic heterocycles. The van der Waals surface area contributed by atoms with Gasteiger partial charge in [0, 0.05) is 35.3 Å². The molecule has 5 rings (SSSR count). The van der Waals surface area contributed by atoms with E-state index in [1.165, 1.54) is 38.0 Å². The molecule has 1 spiro atoms. The van der Waals surface area contributed by atoms with Crippen LogP contribution < -0.4 is 19.7 Å². The molecule has 1 atom stereocenters. The first-order chi connectivity index (χ1) is 20.7. The summed E-state index contributed by atoms with van der Waals surface area (Å²) in [5.74, 6) is -1.49. The zero-order chi connectivity index (χ0) is 31.9. The molecule has 1 unspecified atom stereocenters. The number of carbonyl (C=O) groups is 2. The molecule has 1 aliphatic heterocycles. The summed E-state index contributed by atoms with van der Waals surface area (Å²) < 4.78 is 48.8. The van der Waals surface area contributed by atoms with E-state index < -0.39 is 29.7 Å². The van der Waals surface area contributed by atoms with Gasteiger partial charge in [0.25, 0.3) is 5.91 Å². The van der Waals surface area contributed by atoms with Crippen LogP contribution in [-0.4, -0.2) is 48.3 Å². The van der Waals surface area contributed by atoms with E-state index >= 15 is 0 Å². The number of nitrogens with zero attached hydrogens (tertiary/aromatic N) is 2. The number of carboxylic acids is 1. The minimum absolute atomic E-state index is 0.288. The molecule has 1 saturated carbocycles. The van der Waals surface area contributed by atoms with Gasteiger partial charge in [0.1, 0.15) is 17.5 Å². The number of hydrogen-bond acceptors (Lipinski definition) is 7. The smallest absolute Gasteiger partial charge is 0.497 e. The second-order valence-corrected chi connectivity index (χ2v) is 11.5. The van der Waals surface area contributed by atoms with Crippen LogP contribution in [0.2, 0.25) is 0 Å². The summed E-state index contributed by atoms with van der Waals surface area (Å²) in [5, 5.41) is 16.6. The Hall–Kier alpha value is -4.74. The Kier molecular flexibility index (Phi) is 7.96. The quantitative estimate of drug-likeness (QED) is 0.201. The van der Waals surface area contributed by atoms with Crippen molar-refractivity contribution >= 4 is 29.0 Å². The highest BCUT2D eigenvalue weighted by Gasteiger charge is 2.54. The molecular formula is C32H32F3N3O6. The van der Waals surface area contributed by atoms with Gasteiger partial charge in [0.05, 0.1) is 18.5 Å². The van der Waals surface area contributed by atoms with Crippen LogP contribution in [0.25, 0.3) is 0 Å². The highest BCUT2D eigenvalue weighted by Crippen LogP contribution is 2.57. The summed E-state index contributed by atoms with van der Waals surface area (Å²) in [5.41, 5.74) is 1.42. The number of benzene rings is 3. The van der Waals surface area contributed by atoms with E-state index in [-0.39, 0.29) is 11.3 Å². The zero-order valence-corrected chi connectivity index (χ0v) is 24.6. The lowest BCUT2D eigenvalue weighted by atomic mass is 9.99. The third kappa shape index (κ3) is 6.43. The molecular weight excluding hydrogens is 579 g/mol. The maximum absolute atomic E-state index is 14.3. The molecule has 3 aromatic rings. The molecule has 232 valence electrons. The molecule has 0 radical (unpaired) electrons.